The normalized spacial score (nSPS) is 18.2. The molecule has 110 valence electrons. The first kappa shape index (κ1) is 14.6. The van der Waals surface area contributed by atoms with E-state index < -0.39 is 11.4 Å². The molecule has 0 radical (unpaired) electrons. The summed E-state index contributed by atoms with van der Waals surface area (Å²) < 4.78 is 4.89. The third-order valence-corrected chi connectivity index (χ3v) is 3.96. The lowest BCUT2D eigenvalue weighted by Gasteiger charge is -2.27. The van der Waals surface area contributed by atoms with Gasteiger partial charge in [0.1, 0.15) is 0 Å². The molecule has 0 bridgehead atoms. The Morgan fingerprint density at radius 1 is 1.30 bits per heavy atom. The third kappa shape index (κ3) is 3.59. The number of nitrogens with one attached hydrogen (secondary N) is 1. The van der Waals surface area contributed by atoms with Crippen LogP contribution < -0.4 is 5.32 Å². The molecule has 1 saturated carbocycles. The highest BCUT2D eigenvalue weighted by atomic mass is 16.5. The Bertz CT molecular complexity index is 448. The largest absolute Gasteiger partial charge is 0.481 e. The lowest BCUT2D eigenvalue weighted by molar-refractivity contribution is -0.152. The van der Waals surface area contributed by atoms with Gasteiger partial charge in [-0.3, -0.25) is 9.59 Å². The molecule has 0 unspecified atom stereocenters. The first-order valence-electron chi connectivity index (χ1n) is 7.02. The fourth-order valence-electron chi connectivity index (χ4n) is 2.76. The second kappa shape index (κ2) is 6.54. The number of rotatable bonds is 5. The van der Waals surface area contributed by atoms with Gasteiger partial charge < -0.3 is 14.9 Å². The van der Waals surface area contributed by atoms with Crippen molar-refractivity contribution in [2.24, 2.45) is 5.41 Å². The highest BCUT2D eigenvalue weighted by molar-refractivity contribution is 5.84. The van der Waals surface area contributed by atoms with Crippen molar-refractivity contribution in [3.8, 4) is 0 Å². The van der Waals surface area contributed by atoms with E-state index in [0.29, 0.717) is 18.6 Å². The van der Waals surface area contributed by atoms with E-state index in [0.717, 1.165) is 25.7 Å². The molecule has 1 aromatic heterocycles. The molecule has 0 saturated heterocycles. The van der Waals surface area contributed by atoms with E-state index in [9.17, 15) is 14.7 Å². The van der Waals surface area contributed by atoms with Crippen LogP contribution in [0.5, 0.6) is 0 Å². The minimum absolute atomic E-state index is 0.0382. The molecule has 1 aliphatic rings. The van der Waals surface area contributed by atoms with Gasteiger partial charge in [0.15, 0.2) is 5.76 Å². The van der Waals surface area contributed by atoms with Crippen molar-refractivity contribution in [1.82, 2.24) is 10.5 Å². The summed E-state index contributed by atoms with van der Waals surface area (Å²) in [6, 6.07) is 1.67. The van der Waals surface area contributed by atoms with Crippen LogP contribution in [-0.2, 0) is 16.1 Å². The molecule has 0 atom stereocenters. The van der Waals surface area contributed by atoms with Gasteiger partial charge in [0.25, 0.3) is 0 Å². The second-order valence-electron chi connectivity index (χ2n) is 5.43. The predicted molar refractivity (Wildman–Crippen MR) is 70.7 cm³/mol. The molecule has 6 heteroatoms. The molecule has 1 aromatic rings. The summed E-state index contributed by atoms with van der Waals surface area (Å²) >= 11 is 0. The SMILES string of the molecule is O=C(CC1(C(=O)O)CCCCCC1)NCc1ccno1. The molecule has 1 fully saturated rings. The lowest BCUT2D eigenvalue weighted by atomic mass is 9.77. The van der Waals surface area contributed by atoms with Crippen LogP contribution in [0, 0.1) is 5.41 Å². The first-order chi connectivity index (χ1) is 9.62. The van der Waals surface area contributed by atoms with Crippen LogP contribution in [0.4, 0.5) is 0 Å². The van der Waals surface area contributed by atoms with Crippen molar-refractivity contribution in [2.45, 2.75) is 51.5 Å². The summed E-state index contributed by atoms with van der Waals surface area (Å²) in [5.74, 6) is -0.538. The van der Waals surface area contributed by atoms with Gasteiger partial charge in [0.05, 0.1) is 18.2 Å². The molecular weight excluding hydrogens is 260 g/mol. The number of hydrogen-bond donors (Lipinski definition) is 2. The number of carbonyl (C=O) groups excluding carboxylic acids is 1. The average molecular weight is 280 g/mol. The molecule has 2 rings (SSSR count). The molecule has 1 aliphatic carbocycles. The third-order valence-electron chi connectivity index (χ3n) is 3.96. The smallest absolute Gasteiger partial charge is 0.310 e. The number of carboxylic acids is 1. The van der Waals surface area contributed by atoms with Crippen LogP contribution >= 0.6 is 0 Å². The van der Waals surface area contributed by atoms with Gasteiger partial charge in [-0.2, -0.15) is 0 Å². The monoisotopic (exact) mass is 280 g/mol. The zero-order valence-corrected chi connectivity index (χ0v) is 11.4. The van der Waals surface area contributed by atoms with E-state index in [1.165, 1.54) is 6.20 Å². The van der Waals surface area contributed by atoms with Crippen LogP contribution in [0.2, 0.25) is 0 Å². The summed E-state index contributed by atoms with van der Waals surface area (Å²) in [7, 11) is 0. The zero-order chi connectivity index (χ0) is 14.4. The van der Waals surface area contributed by atoms with Crippen LogP contribution in [0.15, 0.2) is 16.8 Å². The van der Waals surface area contributed by atoms with E-state index in [-0.39, 0.29) is 18.9 Å². The second-order valence-corrected chi connectivity index (χ2v) is 5.43. The maximum atomic E-state index is 12.0. The number of aliphatic carboxylic acids is 1. The molecule has 1 heterocycles. The number of nitrogens with zero attached hydrogens (tertiary/aromatic N) is 1. The summed E-state index contributed by atoms with van der Waals surface area (Å²) in [4.78, 5) is 23.6. The summed E-state index contributed by atoms with van der Waals surface area (Å²) in [6.45, 7) is 0.245. The Kier molecular flexibility index (Phi) is 4.76. The van der Waals surface area contributed by atoms with Gasteiger partial charge >= 0.3 is 5.97 Å². The van der Waals surface area contributed by atoms with E-state index in [1.54, 1.807) is 6.07 Å². The van der Waals surface area contributed by atoms with Crippen molar-refractivity contribution >= 4 is 11.9 Å². The fourth-order valence-corrected chi connectivity index (χ4v) is 2.76. The lowest BCUT2D eigenvalue weighted by Crippen LogP contribution is -2.37. The molecule has 0 aromatic carbocycles. The van der Waals surface area contributed by atoms with Gasteiger partial charge in [-0.25, -0.2) is 0 Å². The summed E-state index contributed by atoms with van der Waals surface area (Å²) in [5.41, 5.74) is -0.901. The molecule has 20 heavy (non-hydrogen) atoms. The predicted octanol–water partition coefficient (Wildman–Crippen LogP) is 2.11. The van der Waals surface area contributed by atoms with Gasteiger partial charge in [0.2, 0.25) is 5.91 Å². The Labute approximate surface area is 117 Å². The fraction of sp³-hybridized carbons (Fsp3) is 0.643. The minimum Gasteiger partial charge on any atom is -0.481 e. The quantitative estimate of drug-likeness (QED) is 0.806. The van der Waals surface area contributed by atoms with Crippen LogP contribution in [0.3, 0.4) is 0 Å². The Morgan fingerprint density at radius 2 is 2.00 bits per heavy atom. The standard InChI is InChI=1S/C14H20N2O4/c17-12(15-10-11-5-8-16-20-11)9-14(13(18)19)6-3-1-2-4-7-14/h5,8H,1-4,6-7,9-10H2,(H,15,17)(H,18,19). The summed E-state index contributed by atoms with van der Waals surface area (Å²) in [6.07, 6.45) is 6.56. The molecule has 2 N–H and O–H groups in total. The van der Waals surface area contributed by atoms with Gasteiger partial charge in [0, 0.05) is 12.5 Å². The number of carboxylic acid groups (broad SMARTS) is 1. The van der Waals surface area contributed by atoms with E-state index >= 15 is 0 Å². The first-order valence-corrected chi connectivity index (χ1v) is 7.02. The van der Waals surface area contributed by atoms with Gasteiger partial charge in [-0.1, -0.05) is 30.8 Å². The molecule has 6 nitrogen and oxygen atoms in total. The Hall–Kier alpha value is -1.85. The molecule has 1 amide bonds. The number of carbonyl (C=O) groups is 2. The van der Waals surface area contributed by atoms with Gasteiger partial charge in [-0.15, -0.1) is 0 Å². The van der Waals surface area contributed by atoms with E-state index in [4.69, 9.17) is 4.52 Å². The maximum absolute atomic E-state index is 12.0. The Balaban J connectivity index is 1.93. The zero-order valence-electron chi connectivity index (χ0n) is 11.4. The highest BCUT2D eigenvalue weighted by Gasteiger charge is 2.40. The molecule has 0 aliphatic heterocycles. The molecule has 0 spiro atoms. The molecular formula is C14H20N2O4. The summed E-state index contributed by atoms with van der Waals surface area (Å²) in [5, 5.41) is 15.8. The minimum atomic E-state index is -0.901. The average Bonchev–Trinajstić information content (AvgIpc) is 2.82. The van der Waals surface area contributed by atoms with E-state index in [1.807, 2.05) is 0 Å². The van der Waals surface area contributed by atoms with Crippen LogP contribution in [-0.4, -0.2) is 22.1 Å². The van der Waals surface area contributed by atoms with E-state index in [2.05, 4.69) is 10.5 Å². The van der Waals surface area contributed by atoms with Gasteiger partial charge in [-0.05, 0) is 12.8 Å². The number of amides is 1. The highest BCUT2D eigenvalue weighted by Crippen LogP contribution is 2.38. The van der Waals surface area contributed by atoms with Crippen LogP contribution in [0.1, 0.15) is 50.7 Å². The van der Waals surface area contributed by atoms with Crippen molar-refractivity contribution in [3.63, 3.8) is 0 Å². The van der Waals surface area contributed by atoms with Crippen LogP contribution in [0.25, 0.3) is 0 Å². The van der Waals surface area contributed by atoms with Crippen molar-refractivity contribution in [3.05, 3.63) is 18.0 Å². The Morgan fingerprint density at radius 3 is 2.55 bits per heavy atom. The number of hydrogen-bond acceptors (Lipinski definition) is 4. The van der Waals surface area contributed by atoms with Crippen molar-refractivity contribution in [2.75, 3.05) is 0 Å². The topological polar surface area (TPSA) is 92.4 Å². The van der Waals surface area contributed by atoms with Crippen molar-refractivity contribution in [1.29, 1.82) is 0 Å². The maximum Gasteiger partial charge on any atom is 0.310 e. The number of aromatic nitrogens is 1. The van der Waals surface area contributed by atoms with Crippen molar-refractivity contribution < 1.29 is 19.2 Å².